The van der Waals surface area contributed by atoms with Crippen molar-refractivity contribution in [1.29, 1.82) is 0 Å². The third-order valence-corrected chi connectivity index (χ3v) is 1.80. The van der Waals surface area contributed by atoms with Crippen molar-refractivity contribution in [3.05, 3.63) is 42.3 Å². The third kappa shape index (κ3) is 2.35. The number of nitrogens with one attached hydrogen (secondary N) is 2. The van der Waals surface area contributed by atoms with Crippen molar-refractivity contribution in [2.45, 2.75) is 0 Å². The molecule has 0 aliphatic carbocycles. The van der Waals surface area contributed by atoms with Crippen LogP contribution in [0, 0.1) is 5.82 Å². The molecule has 16 heavy (non-hydrogen) atoms. The Bertz CT molecular complexity index is 485. The standard InChI is InChI=1S/C10H8FN3O2/c11-7-3-1-2-4-8(7)13-10(15)14-9-5-6-12-16-9/h1-6H,(H2,13,14,15). The monoisotopic (exact) mass is 221 g/mol. The summed E-state index contributed by atoms with van der Waals surface area (Å²) >= 11 is 0. The minimum Gasteiger partial charge on any atom is -0.338 e. The van der Waals surface area contributed by atoms with E-state index in [2.05, 4.69) is 20.3 Å². The highest BCUT2D eigenvalue weighted by atomic mass is 19.1. The van der Waals surface area contributed by atoms with Crippen LogP contribution in [0.3, 0.4) is 0 Å². The normalized spacial score (nSPS) is 9.81. The molecule has 2 aromatic rings. The molecule has 2 amide bonds. The van der Waals surface area contributed by atoms with Crippen molar-refractivity contribution in [1.82, 2.24) is 5.16 Å². The average molecular weight is 221 g/mol. The highest BCUT2D eigenvalue weighted by molar-refractivity contribution is 5.98. The number of benzene rings is 1. The Balaban J connectivity index is 2.00. The van der Waals surface area contributed by atoms with Crippen molar-refractivity contribution in [3.8, 4) is 0 Å². The van der Waals surface area contributed by atoms with Crippen LogP contribution in [0.4, 0.5) is 20.8 Å². The molecule has 0 saturated carbocycles. The first-order valence-corrected chi connectivity index (χ1v) is 4.49. The van der Waals surface area contributed by atoms with Gasteiger partial charge in [0.05, 0.1) is 11.9 Å². The molecule has 82 valence electrons. The van der Waals surface area contributed by atoms with E-state index in [1.54, 1.807) is 6.07 Å². The highest BCUT2D eigenvalue weighted by Crippen LogP contribution is 2.13. The zero-order valence-corrected chi connectivity index (χ0v) is 8.11. The first-order valence-electron chi connectivity index (χ1n) is 4.49. The van der Waals surface area contributed by atoms with E-state index in [4.69, 9.17) is 0 Å². The zero-order chi connectivity index (χ0) is 11.4. The third-order valence-electron chi connectivity index (χ3n) is 1.80. The summed E-state index contributed by atoms with van der Waals surface area (Å²) in [5.74, 6) is -0.316. The molecule has 2 rings (SSSR count). The van der Waals surface area contributed by atoms with E-state index in [9.17, 15) is 9.18 Å². The summed E-state index contributed by atoms with van der Waals surface area (Å²) < 4.78 is 17.8. The number of aromatic nitrogens is 1. The number of hydrogen-bond acceptors (Lipinski definition) is 3. The zero-order valence-electron chi connectivity index (χ0n) is 8.11. The maximum atomic E-state index is 13.2. The van der Waals surface area contributed by atoms with Gasteiger partial charge in [-0.3, -0.25) is 5.32 Å². The Morgan fingerprint density at radius 3 is 2.75 bits per heavy atom. The van der Waals surface area contributed by atoms with E-state index in [1.165, 1.54) is 30.5 Å². The Hall–Kier alpha value is -2.37. The number of carbonyl (C=O) groups excluding carboxylic acids is 1. The second-order valence-corrected chi connectivity index (χ2v) is 2.94. The summed E-state index contributed by atoms with van der Waals surface area (Å²) in [5, 5.41) is 8.10. The second kappa shape index (κ2) is 4.43. The van der Waals surface area contributed by atoms with Gasteiger partial charge in [0.25, 0.3) is 0 Å². The number of urea groups is 1. The van der Waals surface area contributed by atoms with Crippen molar-refractivity contribution < 1.29 is 13.7 Å². The van der Waals surface area contributed by atoms with Gasteiger partial charge in [-0.25, -0.2) is 9.18 Å². The van der Waals surface area contributed by atoms with Gasteiger partial charge in [-0.1, -0.05) is 17.3 Å². The average Bonchev–Trinajstić information content (AvgIpc) is 2.74. The highest BCUT2D eigenvalue weighted by Gasteiger charge is 2.07. The fraction of sp³-hybridized carbons (Fsp3) is 0. The predicted octanol–water partition coefficient (Wildman–Crippen LogP) is 2.46. The van der Waals surface area contributed by atoms with Crippen LogP contribution in [-0.2, 0) is 0 Å². The lowest BCUT2D eigenvalue weighted by Gasteiger charge is -2.05. The maximum absolute atomic E-state index is 13.2. The van der Waals surface area contributed by atoms with Crippen molar-refractivity contribution >= 4 is 17.6 Å². The Morgan fingerprint density at radius 1 is 1.25 bits per heavy atom. The van der Waals surface area contributed by atoms with Crippen molar-refractivity contribution in [2.24, 2.45) is 0 Å². The Morgan fingerprint density at radius 2 is 2.06 bits per heavy atom. The second-order valence-electron chi connectivity index (χ2n) is 2.94. The lowest BCUT2D eigenvalue weighted by molar-refractivity contribution is 0.261. The molecule has 6 heteroatoms. The molecule has 2 N–H and O–H groups in total. The van der Waals surface area contributed by atoms with Crippen LogP contribution < -0.4 is 10.6 Å². The number of rotatable bonds is 2. The molecule has 5 nitrogen and oxygen atoms in total. The molecule has 0 aliphatic heterocycles. The van der Waals surface area contributed by atoms with Gasteiger partial charge in [-0.2, -0.15) is 0 Å². The number of para-hydroxylation sites is 1. The first-order chi connectivity index (χ1) is 7.75. The van der Waals surface area contributed by atoms with Gasteiger partial charge < -0.3 is 9.84 Å². The summed E-state index contributed by atoms with van der Waals surface area (Å²) in [7, 11) is 0. The molecule has 1 aromatic carbocycles. The van der Waals surface area contributed by atoms with Gasteiger partial charge >= 0.3 is 6.03 Å². The molecule has 0 spiro atoms. The van der Waals surface area contributed by atoms with E-state index < -0.39 is 11.8 Å². The van der Waals surface area contributed by atoms with Crippen LogP contribution in [0.1, 0.15) is 0 Å². The number of anilines is 2. The summed E-state index contributed by atoms with van der Waals surface area (Å²) in [6.45, 7) is 0. The predicted molar refractivity (Wildman–Crippen MR) is 55.5 cm³/mol. The quantitative estimate of drug-likeness (QED) is 0.818. The molecule has 0 atom stereocenters. The first kappa shape index (κ1) is 10.2. The molecule has 0 radical (unpaired) electrons. The number of carbonyl (C=O) groups is 1. The van der Waals surface area contributed by atoms with Crippen LogP contribution in [0.5, 0.6) is 0 Å². The van der Waals surface area contributed by atoms with Gasteiger partial charge in [-0.05, 0) is 12.1 Å². The van der Waals surface area contributed by atoms with Crippen LogP contribution in [0.15, 0.2) is 41.1 Å². The summed E-state index contributed by atoms with van der Waals surface area (Å²) in [5.41, 5.74) is 0.0968. The molecular weight excluding hydrogens is 213 g/mol. The summed E-state index contributed by atoms with van der Waals surface area (Å²) in [6, 6.07) is 6.74. The van der Waals surface area contributed by atoms with Crippen LogP contribution in [0.2, 0.25) is 0 Å². The molecule has 1 heterocycles. The van der Waals surface area contributed by atoms with Crippen LogP contribution in [0.25, 0.3) is 0 Å². The molecule has 0 unspecified atom stereocenters. The Kier molecular flexibility index (Phi) is 2.81. The number of amides is 2. The fourth-order valence-electron chi connectivity index (χ4n) is 1.11. The fourth-order valence-corrected chi connectivity index (χ4v) is 1.11. The van der Waals surface area contributed by atoms with Gasteiger partial charge in [0.2, 0.25) is 5.88 Å². The molecular formula is C10H8FN3O2. The smallest absolute Gasteiger partial charge is 0.326 e. The van der Waals surface area contributed by atoms with E-state index in [1.807, 2.05) is 0 Å². The van der Waals surface area contributed by atoms with Crippen molar-refractivity contribution in [2.75, 3.05) is 10.6 Å². The van der Waals surface area contributed by atoms with Gasteiger partial charge in [0.1, 0.15) is 5.82 Å². The van der Waals surface area contributed by atoms with Gasteiger partial charge in [0, 0.05) is 6.07 Å². The molecule has 1 aromatic heterocycles. The van der Waals surface area contributed by atoms with Gasteiger partial charge in [0.15, 0.2) is 0 Å². The summed E-state index contributed by atoms with van der Waals surface area (Å²) in [4.78, 5) is 11.4. The molecule has 0 fully saturated rings. The van der Waals surface area contributed by atoms with E-state index in [-0.39, 0.29) is 11.6 Å². The molecule has 0 bridgehead atoms. The Labute approximate surface area is 90.2 Å². The largest absolute Gasteiger partial charge is 0.338 e. The molecule has 0 saturated heterocycles. The van der Waals surface area contributed by atoms with E-state index in [0.717, 1.165) is 0 Å². The number of nitrogens with zero attached hydrogens (tertiary/aromatic N) is 1. The topological polar surface area (TPSA) is 67.2 Å². The van der Waals surface area contributed by atoms with Crippen LogP contribution >= 0.6 is 0 Å². The summed E-state index contributed by atoms with van der Waals surface area (Å²) in [6.07, 6.45) is 1.39. The van der Waals surface area contributed by atoms with E-state index in [0.29, 0.717) is 0 Å². The molecule has 0 aliphatic rings. The number of halogens is 1. The lowest BCUT2D eigenvalue weighted by atomic mass is 10.3. The minimum absolute atomic E-state index is 0.0968. The SMILES string of the molecule is O=C(Nc1ccno1)Nc1ccccc1F. The minimum atomic E-state index is -0.596. The van der Waals surface area contributed by atoms with Crippen molar-refractivity contribution in [3.63, 3.8) is 0 Å². The van der Waals surface area contributed by atoms with E-state index >= 15 is 0 Å². The number of hydrogen-bond donors (Lipinski definition) is 2. The van der Waals surface area contributed by atoms with Crippen LogP contribution in [-0.4, -0.2) is 11.2 Å². The lowest BCUT2D eigenvalue weighted by Crippen LogP contribution is -2.19. The maximum Gasteiger partial charge on any atom is 0.326 e. The van der Waals surface area contributed by atoms with Gasteiger partial charge in [-0.15, -0.1) is 0 Å².